The van der Waals surface area contributed by atoms with Gasteiger partial charge in [0.25, 0.3) is 5.91 Å². The van der Waals surface area contributed by atoms with Crippen molar-refractivity contribution in [3.8, 4) is 11.4 Å². The molecule has 144 valence electrons. The van der Waals surface area contributed by atoms with Crippen LogP contribution in [-0.4, -0.2) is 26.2 Å². The molecule has 1 aliphatic carbocycles. The normalized spacial score (nSPS) is 13.4. The summed E-state index contributed by atoms with van der Waals surface area (Å²) in [6.45, 7) is 0. The fraction of sp³-hybridized carbons (Fsp3) is 0.190. The van der Waals surface area contributed by atoms with Gasteiger partial charge in [0, 0.05) is 35.6 Å². The van der Waals surface area contributed by atoms with E-state index in [1.54, 1.807) is 18.5 Å². The molecule has 1 N–H and O–H groups in total. The number of carbonyl (C=O) groups excluding carboxylic acids is 1. The SMILES string of the molecule is O=C(Nc1ccccc1Cc1nc(-c2ccncc2)no1)c1cc(C2CC2)on1. The lowest BCUT2D eigenvalue weighted by Crippen LogP contribution is -2.13. The van der Waals surface area contributed by atoms with Gasteiger partial charge in [-0.1, -0.05) is 28.5 Å². The number of hydrogen-bond acceptors (Lipinski definition) is 7. The first-order valence-corrected chi connectivity index (χ1v) is 9.35. The summed E-state index contributed by atoms with van der Waals surface area (Å²) in [5.74, 6) is 1.83. The molecule has 0 atom stereocenters. The van der Waals surface area contributed by atoms with Crippen LogP contribution in [0.3, 0.4) is 0 Å². The average Bonchev–Trinajstić information content (AvgIpc) is 3.29. The number of hydrogen-bond donors (Lipinski definition) is 1. The highest BCUT2D eigenvalue weighted by Gasteiger charge is 2.29. The third-order valence-electron chi connectivity index (χ3n) is 4.75. The van der Waals surface area contributed by atoms with Crippen LogP contribution in [0.15, 0.2) is 63.9 Å². The molecule has 0 spiro atoms. The molecule has 1 aromatic carbocycles. The lowest BCUT2D eigenvalue weighted by molar-refractivity contribution is 0.101. The quantitative estimate of drug-likeness (QED) is 0.535. The van der Waals surface area contributed by atoms with Crippen LogP contribution < -0.4 is 5.32 Å². The molecule has 0 radical (unpaired) electrons. The first-order valence-electron chi connectivity index (χ1n) is 9.35. The number of carbonyl (C=O) groups is 1. The summed E-state index contributed by atoms with van der Waals surface area (Å²) in [5, 5.41) is 10.8. The number of amides is 1. The van der Waals surface area contributed by atoms with E-state index in [9.17, 15) is 4.79 Å². The molecule has 0 aliphatic heterocycles. The maximum atomic E-state index is 12.6. The molecule has 0 saturated heterocycles. The highest BCUT2D eigenvalue weighted by molar-refractivity contribution is 6.03. The van der Waals surface area contributed by atoms with Gasteiger partial charge in [0.15, 0.2) is 5.69 Å². The van der Waals surface area contributed by atoms with Crippen LogP contribution in [0.5, 0.6) is 0 Å². The van der Waals surface area contributed by atoms with Crippen molar-refractivity contribution >= 4 is 11.6 Å². The zero-order valence-electron chi connectivity index (χ0n) is 15.4. The zero-order valence-corrected chi connectivity index (χ0v) is 15.4. The van der Waals surface area contributed by atoms with Gasteiger partial charge in [-0.25, -0.2) is 0 Å². The number of nitrogens with zero attached hydrogens (tertiary/aromatic N) is 4. The van der Waals surface area contributed by atoms with Crippen molar-refractivity contribution in [3.63, 3.8) is 0 Å². The van der Waals surface area contributed by atoms with Crippen molar-refractivity contribution in [2.75, 3.05) is 5.32 Å². The molecule has 1 aliphatic rings. The van der Waals surface area contributed by atoms with E-state index in [1.165, 1.54) is 0 Å². The van der Waals surface area contributed by atoms with Crippen LogP contribution in [0, 0.1) is 0 Å². The second-order valence-electron chi connectivity index (χ2n) is 6.92. The number of aromatic nitrogens is 4. The minimum Gasteiger partial charge on any atom is -0.360 e. The van der Waals surface area contributed by atoms with Crippen molar-refractivity contribution in [3.05, 3.63) is 77.8 Å². The summed E-state index contributed by atoms with van der Waals surface area (Å²) < 4.78 is 10.7. The van der Waals surface area contributed by atoms with Crippen LogP contribution in [0.4, 0.5) is 5.69 Å². The number of pyridine rings is 1. The van der Waals surface area contributed by atoms with Gasteiger partial charge in [-0.2, -0.15) is 4.98 Å². The Balaban J connectivity index is 1.33. The Hall–Kier alpha value is -3.81. The van der Waals surface area contributed by atoms with Gasteiger partial charge in [-0.3, -0.25) is 9.78 Å². The standard InChI is InChI=1S/C21H17N5O3/c27-21(17-12-18(28-25-17)13-5-6-13)23-16-4-2-1-3-15(16)11-19-24-20(26-29-19)14-7-9-22-10-8-14/h1-4,7-10,12-13H,5-6,11H2,(H,23,27). The van der Waals surface area contributed by atoms with E-state index >= 15 is 0 Å². The molecule has 0 unspecified atom stereocenters. The lowest BCUT2D eigenvalue weighted by atomic mass is 10.1. The van der Waals surface area contributed by atoms with E-state index in [-0.39, 0.29) is 11.6 Å². The van der Waals surface area contributed by atoms with Crippen molar-refractivity contribution in [2.45, 2.75) is 25.2 Å². The summed E-state index contributed by atoms with van der Waals surface area (Å²) in [6.07, 6.45) is 5.92. The maximum absolute atomic E-state index is 12.6. The summed E-state index contributed by atoms with van der Waals surface area (Å²) >= 11 is 0. The number of benzene rings is 1. The summed E-state index contributed by atoms with van der Waals surface area (Å²) in [5.41, 5.74) is 2.63. The molecule has 5 rings (SSSR count). The fourth-order valence-electron chi connectivity index (χ4n) is 3.05. The van der Waals surface area contributed by atoms with Crippen molar-refractivity contribution in [1.82, 2.24) is 20.3 Å². The molecule has 1 fully saturated rings. The maximum Gasteiger partial charge on any atom is 0.277 e. The highest BCUT2D eigenvalue weighted by atomic mass is 16.5. The Morgan fingerprint density at radius 3 is 2.72 bits per heavy atom. The summed E-state index contributed by atoms with van der Waals surface area (Å²) in [4.78, 5) is 21.0. The third kappa shape index (κ3) is 3.77. The number of nitrogens with one attached hydrogen (secondary N) is 1. The molecule has 29 heavy (non-hydrogen) atoms. The van der Waals surface area contributed by atoms with E-state index in [0.29, 0.717) is 29.7 Å². The molecule has 3 heterocycles. The lowest BCUT2D eigenvalue weighted by Gasteiger charge is -2.08. The van der Waals surface area contributed by atoms with Crippen molar-refractivity contribution < 1.29 is 13.8 Å². The molecule has 8 heteroatoms. The van der Waals surface area contributed by atoms with Crippen LogP contribution in [0.1, 0.15) is 46.5 Å². The molecule has 1 amide bonds. The Morgan fingerprint density at radius 1 is 1.07 bits per heavy atom. The fourth-order valence-corrected chi connectivity index (χ4v) is 3.05. The van der Waals surface area contributed by atoms with Crippen molar-refractivity contribution in [2.24, 2.45) is 0 Å². The Bertz CT molecular complexity index is 1150. The Kier molecular flexibility index (Phi) is 4.36. The van der Waals surface area contributed by atoms with Gasteiger partial charge in [0.05, 0.1) is 6.42 Å². The Morgan fingerprint density at radius 2 is 1.90 bits per heavy atom. The highest BCUT2D eigenvalue weighted by Crippen LogP contribution is 2.40. The smallest absolute Gasteiger partial charge is 0.277 e. The van der Waals surface area contributed by atoms with Gasteiger partial charge in [0.1, 0.15) is 5.76 Å². The zero-order chi connectivity index (χ0) is 19.6. The van der Waals surface area contributed by atoms with E-state index in [2.05, 4.69) is 25.6 Å². The first-order chi connectivity index (χ1) is 14.3. The van der Waals surface area contributed by atoms with E-state index in [4.69, 9.17) is 9.05 Å². The summed E-state index contributed by atoms with van der Waals surface area (Å²) in [6, 6.07) is 12.8. The molecule has 0 bridgehead atoms. The number of rotatable bonds is 6. The predicted octanol–water partition coefficient (Wildman–Crippen LogP) is 3.84. The second kappa shape index (κ2) is 7.31. The third-order valence-corrected chi connectivity index (χ3v) is 4.75. The average molecular weight is 387 g/mol. The molecule has 3 aromatic heterocycles. The largest absolute Gasteiger partial charge is 0.360 e. The van der Waals surface area contributed by atoms with Crippen LogP contribution >= 0.6 is 0 Å². The Labute approximate surface area is 166 Å². The number of para-hydroxylation sites is 1. The van der Waals surface area contributed by atoms with Crippen LogP contribution in [0.2, 0.25) is 0 Å². The molecular formula is C21H17N5O3. The van der Waals surface area contributed by atoms with Crippen LogP contribution in [-0.2, 0) is 6.42 Å². The van der Waals surface area contributed by atoms with Gasteiger partial charge in [-0.15, -0.1) is 0 Å². The topological polar surface area (TPSA) is 107 Å². The first kappa shape index (κ1) is 17.3. The molecule has 4 aromatic rings. The van der Waals surface area contributed by atoms with Crippen LogP contribution in [0.25, 0.3) is 11.4 Å². The minimum absolute atomic E-state index is 0.277. The number of anilines is 1. The second-order valence-corrected chi connectivity index (χ2v) is 6.92. The van der Waals surface area contributed by atoms with Gasteiger partial charge < -0.3 is 14.4 Å². The monoisotopic (exact) mass is 387 g/mol. The van der Waals surface area contributed by atoms with Gasteiger partial charge in [0.2, 0.25) is 11.7 Å². The van der Waals surface area contributed by atoms with Gasteiger partial charge >= 0.3 is 0 Å². The van der Waals surface area contributed by atoms with Crippen molar-refractivity contribution in [1.29, 1.82) is 0 Å². The predicted molar refractivity (Wildman–Crippen MR) is 103 cm³/mol. The molecule has 8 nitrogen and oxygen atoms in total. The van der Waals surface area contributed by atoms with E-state index in [1.807, 2.05) is 36.4 Å². The summed E-state index contributed by atoms with van der Waals surface area (Å²) in [7, 11) is 0. The minimum atomic E-state index is -0.309. The van der Waals surface area contributed by atoms with E-state index in [0.717, 1.165) is 29.7 Å². The molecular weight excluding hydrogens is 370 g/mol. The van der Waals surface area contributed by atoms with Gasteiger partial charge in [-0.05, 0) is 36.6 Å². The molecule has 1 saturated carbocycles. The van der Waals surface area contributed by atoms with E-state index < -0.39 is 0 Å².